The van der Waals surface area contributed by atoms with Crippen molar-refractivity contribution in [1.82, 2.24) is 0 Å². The Balaban J connectivity index is 4.01. The smallest absolute Gasteiger partial charge is 0.311 e. The molecule has 1 N–H and O–H groups in total. The van der Waals surface area contributed by atoms with Crippen LogP contribution in [0.2, 0.25) is 0 Å². The molecule has 3 heteroatoms. The summed E-state index contributed by atoms with van der Waals surface area (Å²) in [5.74, 6) is -0.883. The third-order valence-electron chi connectivity index (χ3n) is 1.47. The van der Waals surface area contributed by atoms with E-state index in [-0.39, 0.29) is 0 Å². The van der Waals surface area contributed by atoms with Gasteiger partial charge in [-0.15, -0.1) is 0 Å². The summed E-state index contributed by atoms with van der Waals surface area (Å²) >= 11 is 0. The summed E-state index contributed by atoms with van der Waals surface area (Å²) in [6, 6.07) is 0. The summed E-state index contributed by atoms with van der Waals surface area (Å²) < 4.78 is 4.45. The Bertz CT molecular complexity index is 151. The van der Waals surface area contributed by atoms with Gasteiger partial charge in [0.15, 0.2) is 0 Å². The van der Waals surface area contributed by atoms with Crippen LogP contribution in [0.25, 0.3) is 0 Å². The van der Waals surface area contributed by atoms with Crippen LogP contribution in [-0.2, 0) is 9.53 Å². The highest BCUT2D eigenvalue weighted by molar-refractivity contribution is 5.72. The number of carbonyl (C=O) groups is 1. The summed E-state index contributed by atoms with van der Waals surface area (Å²) in [6.07, 6.45) is 2.51. The number of hydrogen-bond acceptors (Lipinski definition) is 3. The van der Waals surface area contributed by atoms with E-state index < -0.39 is 18.0 Å². The molecular weight excluding hydrogens is 144 g/mol. The molecule has 2 atom stereocenters. The van der Waals surface area contributed by atoms with Crippen molar-refractivity contribution < 1.29 is 14.6 Å². The highest BCUT2D eigenvalue weighted by Crippen LogP contribution is 2.05. The third-order valence-corrected chi connectivity index (χ3v) is 1.47. The van der Waals surface area contributed by atoms with Crippen molar-refractivity contribution in [2.24, 2.45) is 5.92 Å². The first-order chi connectivity index (χ1) is 5.13. The van der Waals surface area contributed by atoms with Crippen molar-refractivity contribution >= 4 is 5.97 Å². The van der Waals surface area contributed by atoms with Gasteiger partial charge >= 0.3 is 5.97 Å². The van der Waals surface area contributed by atoms with Crippen LogP contribution in [0.1, 0.15) is 13.8 Å². The number of hydrogen-bond donors (Lipinski definition) is 1. The summed E-state index contributed by atoms with van der Waals surface area (Å²) in [5, 5.41) is 9.23. The number of ether oxygens (including phenoxy) is 1. The van der Waals surface area contributed by atoms with Gasteiger partial charge in [0.05, 0.1) is 19.1 Å². The molecule has 0 aromatic rings. The van der Waals surface area contributed by atoms with E-state index in [9.17, 15) is 9.90 Å². The molecule has 2 unspecified atom stereocenters. The second kappa shape index (κ2) is 4.91. The molecule has 64 valence electrons. The molecule has 0 aromatic carbocycles. The fourth-order valence-electron chi connectivity index (χ4n) is 0.689. The molecule has 0 aliphatic heterocycles. The molecular formula is C8H14O3. The lowest BCUT2D eigenvalue weighted by atomic mass is 10.1. The molecule has 3 nitrogen and oxygen atoms in total. The van der Waals surface area contributed by atoms with Gasteiger partial charge in [0, 0.05) is 0 Å². The average Bonchev–Trinajstić information content (AvgIpc) is 2.02. The standard InChI is InChI=1S/C8H14O3/c1-4-5-7(9)6(2)8(10)11-3/h4-7,9H,1-3H3. The maximum absolute atomic E-state index is 10.8. The highest BCUT2D eigenvalue weighted by Gasteiger charge is 2.19. The Labute approximate surface area is 66.7 Å². The van der Waals surface area contributed by atoms with Gasteiger partial charge < -0.3 is 9.84 Å². The van der Waals surface area contributed by atoms with Crippen molar-refractivity contribution in [3.8, 4) is 0 Å². The van der Waals surface area contributed by atoms with Gasteiger partial charge in [-0.05, 0) is 13.8 Å². The molecule has 0 radical (unpaired) electrons. The molecule has 0 saturated carbocycles. The second-order valence-electron chi connectivity index (χ2n) is 2.33. The Kier molecular flexibility index (Phi) is 4.54. The zero-order valence-corrected chi connectivity index (χ0v) is 7.07. The zero-order chi connectivity index (χ0) is 8.85. The fourth-order valence-corrected chi connectivity index (χ4v) is 0.689. The van der Waals surface area contributed by atoms with Crippen LogP contribution in [-0.4, -0.2) is 24.3 Å². The molecule has 0 aromatic heterocycles. The van der Waals surface area contributed by atoms with E-state index >= 15 is 0 Å². The second-order valence-corrected chi connectivity index (χ2v) is 2.33. The van der Waals surface area contributed by atoms with Gasteiger partial charge in [-0.2, -0.15) is 0 Å². The normalized spacial score (nSPS) is 16.4. The Morgan fingerprint density at radius 2 is 2.18 bits per heavy atom. The number of aliphatic hydroxyl groups excluding tert-OH is 1. The number of carbonyl (C=O) groups excluding carboxylic acids is 1. The van der Waals surface area contributed by atoms with Crippen molar-refractivity contribution in [1.29, 1.82) is 0 Å². The maximum Gasteiger partial charge on any atom is 0.311 e. The summed E-state index contributed by atoms with van der Waals surface area (Å²) in [4.78, 5) is 10.8. The van der Waals surface area contributed by atoms with Crippen LogP contribution in [0.4, 0.5) is 0 Å². The molecule has 0 amide bonds. The van der Waals surface area contributed by atoms with Crippen LogP contribution >= 0.6 is 0 Å². The highest BCUT2D eigenvalue weighted by atomic mass is 16.5. The molecule has 11 heavy (non-hydrogen) atoms. The lowest BCUT2D eigenvalue weighted by molar-refractivity contribution is -0.147. The number of rotatable bonds is 3. The van der Waals surface area contributed by atoms with Gasteiger partial charge in [-0.25, -0.2) is 0 Å². The van der Waals surface area contributed by atoms with Crippen LogP contribution in [0.15, 0.2) is 12.2 Å². The number of aliphatic hydroxyl groups is 1. The third kappa shape index (κ3) is 3.18. The number of methoxy groups -OCH3 is 1. The van der Waals surface area contributed by atoms with E-state index in [2.05, 4.69) is 4.74 Å². The molecule has 0 bridgehead atoms. The first kappa shape index (κ1) is 10.2. The predicted octanol–water partition coefficient (Wildman–Crippen LogP) is 0.732. The maximum atomic E-state index is 10.8. The van der Waals surface area contributed by atoms with E-state index in [1.54, 1.807) is 26.0 Å². The summed E-state index contributed by atoms with van der Waals surface area (Å²) in [6.45, 7) is 3.41. The minimum atomic E-state index is -0.743. The lowest BCUT2D eigenvalue weighted by Gasteiger charge is -2.11. The Morgan fingerprint density at radius 1 is 1.64 bits per heavy atom. The van der Waals surface area contributed by atoms with Gasteiger partial charge in [-0.1, -0.05) is 12.2 Å². The Hall–Kier alpha value is -0.830. The largest absolute Gasteiger partial charge is 0.469 e. The molecule has 0 fully saturated rings. The van der Waals surface area contributed by atoms with Crippen molar-refractivity contribution in [3.05, 3.63) is 12.2 Å². The van der Waals surface area contributed by atoms with Gasteiger partial charge in [0.25, 0.3) is 0 Å². The van der Waals surface area contributed by atoms with Crippen LogP contribution in [0.5, 0.6) is 0 Å². The summed E-state index contributed by atoms with van der Waals surface area (Å²) in [7, 11) is 1.31. The SMILES string of the molecule is CC=CC(O)C(C)C(=O)OC. The van der Waals surface area contributed by atoms with E-state index in [1.165, 1.54) is 7.11 Å². The van der Waals surface area contributed by atoms with Crippen LogP contribution in [0, 0.1) is 5.92 Å². The topological polar surface area (TPSA) is 46.5 Å². The first-order valence-corrected chi connectivity index (χ1v) is 3.52. The van der Waals surface area contributed by atoms with Crippen molar-refractivity contribution in [3.63, 3.8) is 0 Å². The molecule has 0 saturated heterocycles. The van der Waals surface area contributed by atoms with E-state index in [0.717, 1.165) is 0 Å². The van der Waals surface area contributed by atoms with E-state index in [4.69, 9.17) is 0 Å². The predicted molar refractivity (Wildman–Crippen MR) is 42.0 cm³/mol. The van der Waals surface area contributed by atoms with E-state index in [1.807, 2.05) is 0 Å². The fraction of sp³-hybridized carbons (Fsp3) is 0.625. The van der Waals surface area contributed by atoms with Crippen molar-refractivity contribution in [2.75, 3.05) is 7.11 Å². The van der Waals surface area contributed by atoms with Crippen LogP contribution in [0.3, 0.4) is 0 Å². The monoisotopic (exact) mass is 158 g/mol. The van der Waals surface area contributed by atoms with Gasteiger partial charge in [0.2, 0.25) is 0 Å². The molecule has 0 aliphatic carbocycles. The summed E-state index contributed by atoms with van der Waals surface area (Å²) in [5.41, 5.74) is 0. The quantitative estimate of drug-likeness (QED) is 0.486. The lowest BCUT2D eigenvalue weighted by Crippen LogP contribution is -2.24. The first-order valence-electron chi connectivity index (χ1n) is 3.52. The van der Waals surface area contributed by atoms with Gasteiger partial charge in [0.1, 0.15) is 0 Å². The van der Waals surface area contributed by atoms with E-state index in [0.29, 0.717) is 0 Å². The minimum absolute atomic E-state index is 0.393. The minimum Gasteiger partial charge on any atom is -0.469 e. The van der Waals surface area contributed by atoms with Crippen molar-refractivity contribution in [2.45, 2.75) is 20.0 Å². The number of allylic oxidation sites excluding steroid dienone is 1. The number of esters is 1. The molecule has 0 rings (SSSR count). The van der Waals surface area contributed by atoms with Crippen LogP contribution < -0.4 is 0 Å². The zero-order valence-electron chi connectivity index (χ0n) is 7.07. The Morgan fingerprint density at radius 3 is 2.55 bits per heavy atom. The average molecular weight is 158 g/mol. The molecule has 0 spiro atoms. The molecule has 0 heterocycles. The molecule has 0 aliphatic rings. The van der Waals surface area contributed by atoms with Gasteiger partial charge in [-0.3, -0.25) is 4.79 Å².